The molecule has 0 aromatic heterocycles. The van der Waals surface area contributed by atoms with Crippen LogP contribution in [-0.4, -0.2) is 81.2 Å². The number of morpholine rings is 1. The molecule has 0 unspecified atom stereocenters. The van der Waals surface area contributed by atoms with Gasteiger partial charge in [0.15, 0.2) is 5.96 Å². The van der Waals surface area contributed by atoms with Crippen molar-refractivity contribution in [3.63, 3.8) is 0 Å². The van der Waals surface area contributed by atoms with Gasteiger partial charge in [0.1, 0.15) is 0 Å². The van der Waals surface area contributed by atoms with E-state index >= 15 is 0 Å². The highest BCUT2D eigenvalue weighted by Crippen LogP contribution is 2.18. The number of hydrogen-bond acceptors (Lipinski definition) is 4. The quantitative estimate of drug-likeness (QED) is 0.575. The van der Waals surface area contributed by atoms with Gasteiger partial charge < -0.3 is 20.3 Å². The zero-order valence-corrected chi connectivity index (χ0v) is 15.5. The van der Waals surface area contributed by atoms with E-state index in [-0.39, 0.29) is 12.5 Å². The first-order valence-corrected chi connectivity index (χ1v) is 9.35. The van der Waals surface area contributed by atoms with Crippen molar-refractivity contribution in [2.45, 2.75) is 13.0 Å². The molecular formula is C19H29N5O2. The van der Waals surface area contributed by atoms with E-state index in [1.54, 1.807) is 7.05 Å². The molecule has 1 saturated heterocycles. The number of rotatable bonds is 5. The summed E-state index contributed by atoms with van der Waals surface area (Å²) in [6, 6.07) is 8.35. The third-order valence-electron chi connectivity index (χ3n) is 4.94. The van der Waals surface area contributed by atoms with Crippen LogP contribution < -0.4 is 10.6 Å². The Bertz CT molecular complexity index is 628. The SMILES string of the molecule is CN=C(NCCN1CCOCC1)NCC(=O)N1CCc2ccccc2C1. The summed E-state index contributed by atoms with van der Waals surface area (Å²) in [5.74, 6) is 0.777. The lowest BCUT2D eigenvalue weighted by molar-refractivity contribution is -0.130. The Morgan fingerprint density at radius 1 is 1.15 bits per heavy atom. The molecule has 2 heterocycles. The molecule has 0 aliphatic carbocycles. The minimum Gasteiger partial charge on any atom is -0.379 e. The van der Waals surface area contributed by atoms with Crippen LogP contribution in [0.15, 0.2) is 29.3 Å². The van der Waals surface area contributed by atoms with Crippen molar-refractivity contribution in [3.8, 4) is 0 Å². The Hall–Kier alpha value is -2.12. The third kappa shape index (κ3) is 5.19. The van der Waals surface area contributed by atoms with Crippen molar-refractivity contribution in [1.82, 2.24) is 20.4 Å². The van der Waals surface area contributed by atoms with Crippen molar-refractivity contribution in [2.24, 2.45) is 4.99 Å². The van der Waals surface area contributed by atoms with Crippen molar-refractivity contribution in [1.29, 1.82) is 0 Å². The Morgan fingerprint density at radius 2 is 1.92 bits per heavy atom. The molecule has 0 spiro atoms. The molecule has 1 fully saturated rings. The maximum Gasteiger partial charge on any atom is 0.242 e. The molecule has 7 nitrogen and oxygen atoms in total. The zero-order valence-electron chi connectivity index (χ0n) is 15.5. The van der Waals surface area contributed by atoms with Crippen molar-refractivity contribution >= 4 is 11.9 Å². The summed E-state index contributed by atoms with van der Waals surface area (Å²) < 4.78 is 5.35. The van der Waals surface area contributed by atoms with E-state index < -0.39 is 0 Å². The maximum atomic E-state index is 12.5. The van der Waals surface area contributed by atoms with Gasteiger partial charge in [0.2, 0.25) is 5.91 Å². The monoisotopic (exact) mass is 359 g/mol. The van der Waals surface area contributed by atoms with E-state index in [1.807, 2.05) is 11.0 Å². The topological polar surface area (TPSA) is 69.2 Å². The van der Waals surface area contributed by atoms with Crippen LogP contribution in [0.25, 0.3) is 0 Å². The van der Waals surface area contributed by atoms with Crippen LogP contribution in [0, 0.1) is 0 Å². The van der Waals surface area contributed by atoms with E-state index in [4.69, 9.17) is 4.74 Å². The average Bonchev–Trinajstić information content (AvgIpc) is 2.70. The second kappa shape index (κ2) is 9.54. The lowest BCUT2D eigenvalue weighted by Gasteiger charge is -2.29. The van der Waals surface area contributed by atoms with Gasteiger partial charge in [-0.1, -0.05) is 24.3 Å². The minimum atomic E-state index is 0.107. The highest BCUT2D eigenvalue weighted by Gasteiger charge is 2.20. The summed E-state index contributed by atoms with van der Waals surface area (Å²) in [6.07, 6.45) is 0.925. The van der Waals surface area contributed by atoms with Gasteiger partial charge in [-0.25, -0.2) is 0 Å². The second-order valence-corrected chi connectivity index (χ2v) is 6.64. The molecule has 3 rings (SSSR count). The molecule has 0 atom stereocenters. The fourth-order valence-corrected chi connectivity index (χ4v) is 3.36. The summed E-state index contributed by atoms with van der Waals surface area (Å²) in [6.45, 7) is 7.04. The predicted octanol–water partition coefficient (Wildman–Crippen LogP) is 0.0685. The normalized spacial score (nSPS) is 18.3. The lowest BCUT2D eigenvalue weighted by Crippen LogP contribution is -2.48. The first-order chi connectivity index (χ1) is 12.8. The van der Waals surface area contributed by atoms with Crippen LogP contribution in [0.3, 0.4) is 0 Å². The fourth-order valence-electron chi connectivity index (χ4n) is 3.36. The van der Waals surface area contributed by atoms with E-state index in [0.717, 1.165) is 52.4 Å². The largest absolute Gasteiger partial charge is 0.379 e. The number of nitrogens with one attached hydrogen (secondary N) is 2. The van der Waals surface area contributed by atoms with Gasteiger partial charge in [0.05, 0.1) is 19.8 Å². The van der Waals surface area contributed by atoms with Crippen LogP contribution in [0.5, 0.6) is 0 Å². The minimum absolute atomic E-state index is 0.107. The number of amides is 1. The molecule has 2 aliphatic rings. The molecular weight excluding hydrogens is 330 g/mol. The van der Waals surface area contributed by atoms with E-state index in [0.29, 0.717) is 12.5 Å². The van der Waals surface area contributed by atoms with E-state index in [1.165, 1.54) is 11.1 Å². The van der Waals surface area contributed by atoms with Gasteiger partial charge >= 0.3 is 0 Å². The summed E-state index contributed by atoms with van der Waals surface area (Å²) in [4.78, 5) is 21.0. The molecule has 1 aromatic rings. The molecule has 2 aliphatic heterocycles. The Morgan fingerprint density at radius 3 is 2.69 bits per heavy atom. The first-order valence-electron chi connectivity index (χ1n) is 9.35. The van der Waals surface area contributed by atoms with Crippen LogP contribution in [0.2, 0.25) is 0 Å². The lowest BCUT2D eigenvalue weighted by atomic mass is 10.00. The van der Waals surface area contributed by atoms with Gasteiger partial charge in [-0.15, -0.1) is 0 Å². The molecule has 0 radical (unpaired) electrons. The summed E-state index contributed by atoms with van der Waals surface area (Å²) >= 11 is 0. The number of nitrogens with zero attached hydrogens (tertiary/aromatic N) is 3. The van der Waals surface area contributed by atoms with Gasteiger partial charge in [0.25, 0.3) is 0 Å². The standard InChI is InChI=1S/C19H29N5O2/c1-20-19(21-7-9-23-10-12-26-13-11-23)22-14-18(25)24-8-6-16-4-2-3-5-17(16)15-24/h2-5H,6-15H2,1H3,(H2,20,21,22). The molecule has 2 N–H and O–H groups in total. The molecule has 0 bridgehead atoms. The van der Waals surface area contributed by atoms with Crippen LogP contribution in [0.1, 0.15) is 11.1 Å². The number of aliphatic imine (C=N–C) groups is 1. The number of ether oxygens (including phenoxy) is 1. The number of guanidine groups is 1. The van der Waals surface area contributed by atoms with Gasteiger partial charge in [0, 0.05) is 46.3 Å². The fraction of sp³-hybridized carbons (Fsp3) is 0.579. The number of benzene rings is 1. The molecule has 142 valence electrons. The molecule has 7 heteroatoms. The molecule has 0 saturated carbocycles. The Labute approximate surface area is 155 Å². The van der Waals surface area contributed by atoms with E-state index in [9.17, 15) is 4.79 Å². The van der Waals surface area contributed by atoms with Crippen molar-refractivity contribution < 1.29 is 9.53 Å². The van der Waals surface area contributed by atoms with Crippen LogP contribution >= 0.6 is 0 Å². The first kappa shape index (κ1) is 18.7. The average molecular weight is 359 g/mol. The summed E-state index contributed by atoms with van der Waals surface area (Å²) in [5, 5.41) is 6.41. The number of carbonyl (C=O) groups is 1. The van der Waals surface area contributed by atoms with E-state index in [2.05, 4.69) is 38.7 Å². The summed E-state index contributed by atoms with van der Waals surface area (Å²) in [7, 11) is 1.73. The van der Waals surface area contributed by atoms with Gasteiger partial charge in [-0.2, -0.15) is 0 Å². The smallest absolute Gasteiger partial charge is 0.242 e. The zero-order chi connectivity index (χ0) is 18.2. The predicted molar refractivity (Wildman–Crippen MR) is 102 cm³/mol. The highest BCUT2D eigenvalue weighted by atomic mass is 16.5. The third-order valence-corrected chi connectivity index (χ3v) is 4.94. The Kier molecular flexibility index (Phi) is 6.85. The summed E-state index contributed by atoms with van der Waals surface area (Å²) in [5.41, 5.74) is 2.60. The second-order valence-electron chi connectivity index (χ2n) is 6.64. The van der Waals surface area contributed by atoms with Gasteiger partial charge in [-0.05, 0) is 17.5 Å². The van der Waals surface area contributed by atoms with Crippen molar-refractivity contribution in [2.75, 3.05) is 59.5 Å². The van der Waals surface area contributed by atoms with Crippen LogP contribution in [0.4, 0.5) is 0 Å². The maximum absolute atomic E-state index is 12.5. The van der Waals surface area contributed by atoms with Crippen molar-refractivity contribution in [3.05, 3.63) is 35.4 Å². The number of hydrogen-bond donors (Lipinski definition) is 2. The number of carbonyl (C=O) groups excluding carboxylic acids is 1. The molecule has 1 amide bonds. The molecule has 26 heavy (non-hydrogen) atoms. The molecule has 1 aromatic carbocycles. The van der Waals surface area contributed by atoms with Crippen LogP contribution in [-0.2, 0) is 22.5 Å². The van der Waals surface area contributed by atoms with Gasteiger partial charge in [-0.3, -0.25) is 14.7 Å². The number of fused-ring (bicyclic) bond motifs is 1. The Balaban J connectivity index is 1.38. The highest BCUT2D eigenvalue weighted by molar-refractivity contribution is 5.86.